The van der Waals surface area contributed by atoms with Crippen LogP contribution >= 0.6 is 0 Å². The van der Waals surface area contributed by atoms with E-state index in [1.165, 1.54) is 0 Å². The van der Waals surface area contributed by atoms with Gasteiger partial charge in [-0.25, -0.2) is 0 Å². The van der Waals surface area contributed by atoms with Gasteiger partial charge >= 0.3 is 0 Å². The van der Waals surface area contributed by atoms with Crippen LogP contribution in [0.25, 0.3) is 0 Å². The predicted octanol–water partition coefficient (Wildman–Crippen LogP) is 1.57. The van der Waals surface area contributed by atoms with Crippen molar-refractivity contribution in [1.82, 2.24) is 0 Å². The SMILES string of the molecule is C[C@@H]1[C@H]([C@@H](O)[C@H](O)CC#N)[C@]23CCCO[C@H]2OC(C)(C)[C@@H]3CC12OCCO2. The second-order valence-corrected chi connectivity index (χ2v) is 9.14. The highest BCUT2D eigenvalue weighted by atomic mass is 16.7. The predicted molar refractivity (Wildman–Crippen MR) is 94.2 cm³/mol. The average Bonchev–Trinajstić information content (AvgIpc) is 3.18. The van der Waals surface area contributed by atoms with E-state index >= 15 is 0 Å². The van der Waals surface area contributed by atoms with Crippen LogP contribution in [0.5, 0.6) is 0 Å². The first-order chi connectivity index (χ1) is 12.8. The molecule has 3 heterocycles. The van der Waals surface area contributed by atoms with Gasteiger partial charge in [0.25, 0.3) is 0 Å². The van der Waals surface area contributed by atoms with E-state index in [0.29, 0.717) is 26.2 Å². The maximum absolute atomic E-state index is 11.2. The van der Waals surface area contributed by atoms with Crippen LogP contribution in [-0.4, -0.2) is 59.9 Å². The molecule has 4 fully saturated rings. The monoisotopic (exact) mass is 381 g/mol. The molecule has 0 amide bonds. The van der Waals surface area contributed by atoms with E-state index in [1.807, 2.05) is 13.0 Å². The largest absolute Gasteiger partial charge is 0.390 e. The van der Waals surface area contributed by atoms with Crippen molar-refractivity contribution in [3.05, 3.63) is 0 Å². The Kier molecular flexibility index (Phi) is 4.82. The van der Waals surface area contributed by atoms with E-state index in [1.54, 1.807) is 0 Å². The Hall–Kier alpha value is -0.750. The molecule has 0 radical (unpaired) electrons. The summed E-state index contributed by atoms with van der Waals surface area (Å²) < 4.78 is 24.7. The molecule has 0 aromatic rings. The minimum Gasteiger partial charge on any atom is -0.390 e. The second-order valence-electron chi connectivity index (χ2n) is 9.14. The number of nitriles is 1. The molecule has 4 rings (SSSR count). The smallest absolute Gasteiger partial charge is 0.171 e. The van der Waals surface area contributed by atoms with Gasteiger partial charge in [0.05, 0.1) is 43.5 Å². The van der Waals surface area contributed by atoms with Gasteiger partial charge in [0.2, 0.25) is 0 Å². The zero-order valence-electron chi connectivity index (χ0n) is 16.4. The zero-order chi connectivity index (χ0) is 19.4. The molecule has 1 aliphatic carbocycles. The van der Waals surface area contributed by atoms with Gasteiger partial charge in [-0.1, -0.05) is 6.92 Å². The van der Waals surface area contributed by atoms with Gasteiger partial charge in [0.1, 0.15) is 0 Å². The second kappa shape index (κ2) is 6.65. The van der Waals surface area contributed by atoms with Crippen molar-refractivity contribution in [2.75, 3.05) is 19.8 Å². The molecule has 3 aliphatic heterocycles. The lowest BCUT2D eigenvalue weighted by molar-refractivity contribution is -0.301. The normalized spacial score (nSPS) is 44.3. The Morgan fingerprint density at radius 1 is 1.19 bits per heavy atom. The number of rotatable bonds is 3. The third-order valence-corrected chi connectivity index (χ3v) is 7.54. The van der Waals surface area contributed by atoms with Crippen LogP contribution in [-0.2, 0) is 18.9 Å². The fraction of sp³-hybridized carbons (Fsp3) is 0.950. The van der Waals surface area contributed by atoms with Gasteiger partial charge in [0, 0.05) is 36.2 Å². The molecule has 2 N–H and O–H groups in total. The average molecular weight is 381 g/mol. The van der Waals surface area contributed by atoms with Crippen LogP contribution in [0, 0.1) is 34.5 Å². The lowest BCUT2D eigenvalue weighted by atomic mass is 9.49. The fourth-order valence-electron chi connectivity index (χ4n) is 6.45. The van der Waals surface area contributed by atoms with Crippen molar-refractivity contribution in [3.8, 4) is 6.07 Å². The molecular formula is C20H31NO6. The highest BCUT2D eigenvalue weighted by molar-refractivity contribution is 5.16. The molecule has 0 aromatic heterocycles. The Morgan fingerprint density at radius 2 is 1.89 bits per heavy atom. The third kappa shape index (κ3) is 2.69. The first kappa shape index (κ1) is 19.6. The lowest BCUT2D eigenvalue weighted by Crippen LogP contribution is -2.65. The van der Waals surface area contributed by atoms with Gasteiger partial charge in [-0.15, -0.1) is 0 Å². The van der Waals surface area contributed by atoms with Gasteiger partial charge in [0.15, 0.2) is 12.1 Å². The Bertz CT molecular complexity index is 612. The van der Waals surface area contributed by atoms with Crippen molar-refractivity contribution in [2.45, 2.75) is 76.3 Å². The Morgan fingerprint density at radius 3 is 2.56 bits per heavy atom. The summed E-state index contributed by atoms with van der Waals surface area (Å²) in [4.78, 5) is 0. The summed E-state index contributed by atoms with van der Waals surface area (Å²) in [5, 5.41) is 30.8. The molecule has 0 aromatic carbocycles. The molecule has 7 heteroatoms. The molecule has 7 atom stereocenters. The molecular weight excluding hydrogens is 350 g/mol. The van der Waals surface area contributed by atoms with Crippen molar-refractivity contribution < 1.29 is 29.2 Å². The summed E-state index contributed by atoms with van der Waals surface area (Å²) in [6, 6.07) is 1.97. The van der Waals surface area contributed by atoms with Gasteiger partial charge < -0.3 is 29.2 Å². The van der Waals surface area contributed by atoms with Crippen LogP contribution in [0.4, 0.5) is 0 Å². The van der Waals surface area contributed by atoms with E-state index in [2.05, 4.69) is 13.8 Å². The number of hydrogen-bond acceptors (Lipinski definition) is 7. The first-order valence-corrected chi connectivity index (χ1v) is 10.1. The van der Waals surface area contributed by atoms with Crippen LogP contribution < -0.4 is 0 Å². The standard InChI is InChI=1S/C20H31NO6/c1-12-15(16(23)13(22)5-7-21)19-6-4-8-24-17(19)27-18(2,3)14(19)11-20(12)25-9-10-26-20/h12-17,22-23H,4-6,8-11H2,1-3H3/t12-,13-,14+,15-,16+,17+,19-/m1/s1. The Balaban J connectivity index is 1.81. The van der Waals surface area contributed by atoms with Crippen molar-refractivity contribution in [3.63, 3.8) is 0 Å². The molecule has 3 saturated heterocycles. The number of hydrogen-bond donors (Lipinski definition) is 2. The van der Waals surface area contributed by atoms with E-state index in [0.717, 1.165) is 12.8 Å². The molecule has 1 saturated carbocycles. The van der Waals surface area contributed by atoms with Gasteiger partial charge in [-0.05, 0) is 26.7 Å². The van der Waals surface area contributed by atoms with Gasteiger partial charge in [-0.2, -0.15) is 5.26 Å². The number of nitrogens with zero attached hydrogens (tertiary/aromatic N) is 1. The molecule has 2 spiro atoms. The molecule has 7 nitrogen and oxygen atoms in total. The van der Waals surface area contributed by atoms with Crippen LogP contribution in [0.3, 0.4) is 0 Å². The molecule has 152 valence electrons. The summed E-state index contributed by atoms with van der Waals surface area (Å²) in [6.45, 7) is 7.83. The van der Waals surface area contributed by atoms with E-state index in [9.17, 15) is 10.2 Å². The number of ether oxygens (including phenoxy) is 4. The summed E-state index contributed by atoms with van der Waals surface area (Å²) in [5.41, 5.74) is -0.896. The molecule has 0 unspecified atom stereocenters. The summed E-state index contributed by atoms with van der Waals surface area (Å²) >= 11 is 0. The maximum atomic E-state index is 11.2. The maximum Gasteiger partial charge on any atom is 0.171 e. The fourth-order valence-corrected chi connectivity index (χ4v) is 6.45. The van der Waals surface area contributed by atoms with E-state index in [4.69, 9.17) is 24.2 Å². The molecule has 27 heavy (non-hydrogen) atoms. The topological polar surface area (TPSA) is 101 Å². The quantitative estimate of drug-likeness (QED) is 0.765. The Labute approximate surface area is 160 Å². The van der Waals surface area contributed by atoms with Crippen LogP contribution in [0.2, 0.25) is 0 Å². The minimum atomic E-state index is -1.12. The third-order valence-electron chi connectivity index (χ3n) is 7.54. The highest BCUT2D eigenvalue weighted by Gasteiger charge is 2.73. The first-order valence-electron chi connectivity index (χ1n) is 10.1. The zero-order valence-corrected chi connectivity index (χ0v) is 16.4. The number of aliphatic hydroxyl groups is 2. The summed E-state index contributed by atoms with van der Waals surface area (Å²) in [5.74, 6) is -1.26. The molecule has 0 bridgehead atoms. The minimum absolute atomic E-state index is 0.0542. The highest BCUT2D eigenvalue weighted by Crippen LogP contribution is 2.67. The van der Waals surface area contributed by atoms with Crippen molar-refractivity contribution in [1.29, 1.82) is 5.26 Å². The van der Waals surface area contributed by atoms with Crippen LogP contribution in [0.1, 0.15) is 46.5 Å². The lowest BCUT2D eigenvalue weighted by Gasteiger charge is -2.59. The van der Waals surface area contributed by atoms with Crippen LogP contribution in [0.15, 0.2) is 0 Å². The van der Waals surface area contributed by atoms with E-state index < -0.39 is 35.3 Å². The van der Waals surface area contributed by atoms with E-state index in [-0.39, 0.29) is 24.2 Å². The molecule has 4 aliphatic rings. The van der Waals surface area contributed by atoms with Gasteiger partial charge in [-0.3, -0.25) is 0 Å². The summed E-state index contributed by atoms with van der Waals surface area (Å²) in [6.07, 6.45) is -0.331. The van der Waals surface area contributed by atoms with Crippen molar-refractivity contribution in [2.24, 2.45) is 23.2 Å². The summed E-state index contributed by atoms with van der Waals surface area (Å²) in [7, 11) is 0. The number of aliphatic hydroxyl groups excluding tert-OH is 2. The van der Waals surface area contributed by atoms with Crippen molar-refractivity contribution >= 4 is 0 Å².